The fourth-order valence-corrected chi connectivity index (χ4v) is 2.67. The smallest absolute Gasteiger partial charge is 0.356 e. The first-order chi connectivity index (χ1) is 11.8. The number of halogens is 4. The van der Waals surface area contributed by atoms with Crippen molar-refractivity contribution in [1.29, 1.82) is 0 Å². The molecule has 0 aliphatic carbocycles. The molecule has 1 heterocycles. The molecule has 2 N–H and O–H groups in total. The molecule has 0 aliphatic heterocycles. The predicted molar refractivity (Wildman–Crippen MR) is 90.6 cm³/mol. The van der Waals surface area contributed by atoms with Gasteiger partial charge in [-0.2, -0.15) is 0 Å². The Hall–Kier alpha value is -2.25. The summed E-state index contributed by atoms with van der Waals surface area (Å²) < 4.78 is 27.3. The second-order valence-electron chi connectivity index (χ2n) is 5.03. The molecule has 0 saturated carbocycles. The normalized spacial score (nSPS) is 10.6. The third-order valence-electron chi connectivity index (χ3n) is 3.28. The Morgan fingerprint density at radius 3 is 2.56 bits per heavy atom. The van der Waals surface area contributed by atoms with E-state index in [2.05, 4.69) is 10.3 Å². The van der Waals surface area contributed by atoms with Crippen LogP contribution in [0.1, 0.15) is 23.0 Å². The minimum atomic E-state index is -1.45. The van der Waals surface area contributed by atoms with Crippen LogP contribution in [0.5, 0.6) is 0 Å². The summed E-state index contributed by atoms with van der Waals surface area (Å²) >= 11 is 11.8. The van der Waals surface area contributed by atoms with E-state index in [4.69, 9.17) is 23.2 Å². The zero-order chi connectivity index (χ0) is 18.7. The number of nitrogens with zero attached hydrogens (tertiary/aromatic N) is 1. The zero-order valence-electron chi connectivity index (χ0n) is 12.9. The van der Waals surface area contributed by atoms with Crippen molar-refractivity contribution in [2.75, 3.05) is 12.0 Å². The van der Waals surface area contributed by atoms with Crippen molar-refractivity contribution < 1.29 is 23.5 Å². The van der Waals surface area contributed by atoms with Gasteiger partial charge in [0, 0.05) is 29.5 Å². The number of nitrogens with one attached hydrogen (secondary N) is 1. The number of aromatic nitrogens is 1. The highest BCUT2D eigenvalue weighted by atomic mass is 35.5. The van der Waals surface area contributed by atoms with Crippen LogP contribution in [0.2, 0.25) is 10.0 Å². The highest BCUT2D eigenvalue weighted by Gasteiger charge is 2.21. The maximum absolute atomic E-state index is 14.7. The van der Waals surface area contributed by atoms with Crippen LogP contribution >= 0.6 is 23.2 Å². The molecule has 0 spiro atoms. The van der Waals surface area contributed by atoms with E-state index in [1.54, 1.807) is 0 Å². The van der Waals surface area contributed by atoms with E-state index in [1.807, 2.05) is 0 Å². The van der Waals surface area contributed by atoms with E-state index in [9.17, 15) is 23.5 Å². The predicted octanol–water partition coefficient (Wildman–Crippen LogP) is 4.36. The molecule has 25 heavy (non-hydrogen) atoms. The summed E-state index contributed by atoms with van der Waals surface area (Å²) in [5, 5.41) is 11.4. The molecule has 2 aromatic rings. The van der Waals surface area contributed by atoms with Crippen LogP contribution in [0.15, 0.2) is 18.2 Å². The van der Waals surface area contributed by atoms with Crippen molar-refractivity contribution >= 4 is 40.8 Å². The van der Waals surface area contributed by atoms with Crippen LogP contribution < -0.4 is 5.32 Å². The maximum Gasteiger partial charge on any atom is 0.356 e. The number of carbonyl (C=O) groups excluding carboxylic acids is 1. The lowest BCUT2D eigenvalue weighted by Crippen LogP contribution is -2.11. The molecule has 0 saturated heterocycles. The highest BCUT2D eigenvalue weighted by molar-refractivity contribution is 6.36. The molecule has 5 nitrogen and oxygen atoms in total. The second-order valence-corrected chi connectivity index (χ2v) is 5.82. The first-order valence-electron chi connectivity index (χ1n) is 7.00. The standard InChI is InChI=1S/C16H12Cl2F2N2O3/c1-7(23)21-12-6-11(22-15(13(12)18)16(24)25)9-2-3-10(17)8(4-5-19)14(9)20/h2-3,6H,4-5H2,1H3,(H,24,25)(H,21,22,23). The summed E-state index contributed by atoms with van der Waals surface area (Å²) in [6.07, 6.45) is -0.240. The van der Waals surface area contributed by atoms with Crippen molar-refractivity contribution in [2.24, 2.45) is 0 Å². The summed E-state index contributed by atoms with van der Waals surface area (Å²) in [7, 11) is 0. The zero-order valence-corrected chi connectivity index (χ0v) is 14.4. The van der Waals surface area contributed by atoms with Gasteiger partial charge in [0.15, 0.2) is 5.69 Å². The number of pyridine rings is 1. The number of alkyl halides is 1. The first kappa shape index (κ1) is 19.1. The molecule has 1 amide bonds. The van der Waals surface area contributed by atoms with Gasteiger partial charge in [0.2, 0.25) is 5.91 Å². The number of hydrogen-bond donors (Lipinski definition) is 2. The van der Waals surface area contributed by atoms with Crippen LogP contribution in [-0.2, 0) is 11.2 Å². The Labute approximate surface area is 151 Å². The number of anilines is 1. The van der Waals surface area contributed by atoms with Gasteiger partial charge in [-0.05, 0) is 18.2 Å². The SMILES string of the molecule is CC(=O)Nc1cc(-c2ccc(Cl)c(CCF)c2F)nc(C(=O)O)c1Cl. The number of hydrogen-bond acceptors (Lipinski definition) is 3. The lowest BCUT2D eigenvalue weighted by molar-refractivity contribution is -0.114. The fourth-order valence-electron chi connectivity index (χ4n) is 2.21. The van der Waals surface area contributed by atoms with Gasteiger partial charge in [0.05, 0.1) is 23.1 Å². The van der Waals surface area contributed by atoms with E-state index in [1.165, 1.54) is 25.1 Å². The Balaban J connectivity index is 2.70. The van der Waals surface area contributed by atoms with Crippen molar-refractivity contribution in [3.05, 3.63) is 45.3 Å². The first-order valence-corrected chi connectivity index (χ1v) is 7.76. The van der Waals surface area contributed by atoms with Crippen LogP contribution in [-0.4, -0.2) is 28.6 Å². The van der Waals surface area contributed by atoms with Gasteiger partial charge in [-0.3, -0.25) is 9.18 Å². The van der Waals surface area contributed by atoms with E-state index >= 15 is 0 Å². The highest BCUT2D eigenvalue weighted by Crippen LogP contribution is 2.34. The Morgan fingerprint density at radius 2 is 2.00 bits per heavy atom. The maximum atomic E-state index is 14.7. The minimum Gasteiger partial charge on any atom is -0.476 e. The topological polar surface area (TPSA) is 79.3 Å². The molecule has 0 bridgehead atoms. The van der Waals surface area contributed by atoms with Gasteiger partial charge in [0.1, 0.15) is 5.82 Å². The molecule has 1 aromatic carbocycles. The van der Waals surface area contributed by atoms with E-state index in [0.717, 1.165) is 0 Å². The molecular formula is C16H12Cl2F2N2O3. The number of carbonyl (C=O) groups is 2. The summed E-state index contributed by atoms with van der Waals surface area (Å²) in [6, 6.07) is 3.89. The summed E-state index contributed by atoms with van der Waals surface area (Å²) in [6.45, 7) is 0.394. The van der Waals surface area contributed by atoms with Gasteiger partial charge in [-0.25, -0.2) is 14.2 Å². The Morgan fingerprint density at radius 1 is 1.32 bits per heavy atom. The monoisotopic (exact) mass is 388 g/mol. The van der Waals surface area contributed by atoms with Crippen LogP contribution in [0.4, 0.5) is 14.5 Å². The quantitative estimate of drug-likeness (QED) is 0.797. The molecule has 0 unspecified atom stereocenters. The van der Waals surface area contributed by atoms with Gasteiger partial charge >= 0.3 is 5.97 Å². The molecule has 9 heteroatoms. The Kier molecular flexibility index (Phi) is 5.92. The molecule has 1 aromatic heterocycles. The molecular weight excluding hydrogens is 377 g/mol. The van der Waals surface area contributed by atoms with E-state index in [0.29, 0.717) is 0 Å². The number of aromatic carboxylic acids is 1. The number of carboxylic acid groups (broad SMARTS) is 1. The van der Waals surface area contributed by atoms with E-state index in [-0.39, 0.29) is 39.0 Å². The van der Waals surface area contributed by atoms with Crippen LogP contribution in [0, 0.1) is 5.82 Å². The summed E-state index contributed by atoms with van der Waals surface area (Å²) in [5.74, 6) is -2.76. The van der Waals surface area contributed by atoms with Crippen molar-refractivity contribution in [1.82, 2.24) is 4.98 Å². The van der Waals surface area contributed by atoms with Gasteiger partial charge in [-0.1, -0.05) is 23.2 Å². The third-order valence-corrected chi connectivity index (χ3v) is 4.01. The fraction of sp³-hybridized carbons (Fsp3) is 0.188. The Bertz CT molecular complexity index is 860. The number of benzene rings is 1. The van der Waals surface area contributed by atoms with Crippen molar-refractivity contribution in [2.45, 2.75) is 13.3 Å². The lowest BCUT2D eigenvalue weighted by Gasteiger charge is -2.13. The molecule has 0 radical (unpaired) electrons. The van der Waals surface area contributed by atoms with Gasteiger partial charge in [-0.15, -0.1) is 0 Å². The van der Waals surface area contributed by atoms with E-state index < -0.39 is 30.1 Å². The average Bonchev–Trinajstić information content (AvgIpc) is 2.53. The van der Waals surface area contributed by atoms with Crippen LogP contribution in [0.3, 0.4) is 0 Å². The second kappa shape index (κ2) is 7.76. The minimum absolute atomic E-state index is 0.0297. The summed E-state index contributed by atoms with van der Waals surface area (Å²) in [5.41, 5.74) is -0.794. The number of carboxylic acids is 1. The number of amides is 1. The summed E-state index contributed by atoms with van der Waals surface area (Å²) in [4.78, 5) is 26.4. The van der Waals surface area contributed by atoms with Crippen molar-refractivity contribution in [3.63, 3.8) is 0 Å². The van der Waals surface area contributed by atoms with Gasteiger partial charge in [0.25, 0.3) is 0 Å². The molecule has 132 valence electrons. The molecule has 2 rings (SSSR count). The molecule has 0 fully saturated rings. The molecule has 0 atom stereocenters. The average molecular weight is 389 g/mol. The molecule has 0 aliphatic rings. The van der Waals surface area contributed by atoms with Crippen molar-refractivity contribution in [3.8, 4) is 11.3 Å². The van der Waals surface area contributed by atoms with Crippen LogP contribution in [0.25, 0.3) is 11.3 Å². The van der Waals surface area contributed by atoms with Gasteiger partial charge < -0.3 is 10.4 Å². The number of rotatable bonds is 5. The lowest BCUT2D eigenvalue weighted by atomic mass is 10.0. The third kappa shape index (κ3) is 4.05. The largest absolute Gasteiger partial charge is 0.476 e.